The molecule has 0 radical (unpaired) electrons. The summed E-state index contributed by atoms with van der Waals surface area (Å²) in [7, 11) is 0. The molecule has 2 fully saturated rings. The molecule has 2 aliphatic heterocycles. The van der Waals surface area contributed by atoms with E-state index in [0.717, 1.165) is 57.2 Å². The van der Waals surface area contributed by atoms with E-state index in [2.05, 4.69) is 47.3 Å². The van der Waals surface area contributed by atoms with Crippen LogP contribution in [-0.2, 0) is 16.0 Å². The molecule has 0 aromatic heterocycles. The summed E-state index contributed by atoms with van der Waals surface area (Å²) in [5.41, 5.74) is 1.99. The summed E-state index contributed by atoms with van der Waals surface area (Å²) in [6, 6.07) is 8.16. The Labute approximate surface area is 168 Å². The first-order valence-corrected chi connectivity index (χ1v) is 10.3. The minimum atomic E-state index is -0.156. The highest BCUT2D eigenvalue weighted by Crippen LogP contribution is 2.20. The lowest BCUT2D eigenvalue weighted by atomic mass is 10.1. The van der Waals surface area contributed by atoms with Crippen molar-refractivity contribution in [1.29, 1.82) is 0 Å². The second-order valence-corrected chi connectivity index (χ2v) is 7.94. The van der Waals surface area contributed by atoms with Crippen molar-refractivity contribution in [2.24, 2.45) is 0 Å². The van der Waals surface area contributed by atoms with Crippen molar-refractivity contribution in [1.82, 2.24) is 15.1 Å². The summed E-state index contributed by atoms with van der Waals surface area (Å²) in [5.74, 6) is 0. The number of carbonyl (C=O) groups excluding carboxylic acids is 1. The van der Waals surface area contributed by atoms with Gasteiger partial charge in [-0.25, -0.2) is 4.79 Å². The number of urea groups is 1. The van der Waals surface area contributed by atoms with Crippen LogP contribution in [0.15, 0.2) is 24.3 Å². The van der Waals surface area contributed by atoms with Gasteiger partial charge in [0, 0.05) is 51.0 Å². The number of hydrogen-bond acceptors (Lipinski definition) is 5. The van der Waals surface area contributed by atoms with Crippen molar-refractivity contribution < 1.29 is 14.3 Å². The summed E-state index contributed by atoms with van der Waals surface area (Å²) in [4.78, 5) is 17.2. The molecule has 3 rings (SSSR count). The number of rotatable bonds is 6. The van der Waals surface area contributed by atoms with Crippen LogP contribution in [0.4, 0.5) is 10.5 Å². The normalized spacial score (nSPS) is 25.2. The summed E-state index contributed by atoms with van der Waals surface area (Å²) >= 11 is 0. The summed E-state index contributed by atoms with van der Waals surface area (Å²) in [6.07, 6.45) is 0.461. The smallest absolute Gasteiger partial charge is 0.319 e. The number of amides is 2. The van der Waals surface area contributed by atoms with Gasteiger partial charge in [0.25, 0.3) is 0 Å². The van der Waals surface area contributed by atoms with Crippen LogP contribution in [0.3, 0.4) is 0 Å². The highest BCUT2D eigenvalue weighted by Gasteiger charge is 2.23. The maximum absolute atomic E-state index is 12.4. The summed E-state index contributed by atoms with van der Waals surface area (Å²) < 4.78 is 11.2. The van der Waals surface area contributed by atoms with E-state index < -0.39 is 0 Å². The standard InChI is InChI=1S/C21H34N4O3/c1-16(25-8-10-27-11-9-25)12-22-21(26)23-20-7-5-4-6-19(20)15-24-13-17(2)28-18(3)14-24/h4-7,16-18H,8-15H2,1-3H3,(H2,22,23,26). The molecular formula is C21H34N4O3. The average Bonchev–Trinajstić information content (AvgIpc) is 2.67. The molecule has 2 saturated heterocycles. The molecule has 3 unspecified atom stereocenters. The number of carbonyl (C=O) groups is 1. The molecule has 2 heterocycles. The van der Waals surface area contributed by atoms with Crippen LogP contribution in [0.5, 0.6) is 0 Å². The second kappa shape index (κ2) is 10.2. The Morgan fingerprint density at radius 2 is 1.86 bits per heavy atom. The van der Waals surface area contributed by atoms with E-state index >= 15 is 0 Å². The number of nitrogens with one attached hydrogen (secondary N) is 2. The second-order valence-electron chi connectivity index (χ2n) is 7.94. The van der Waals surface area contributed by atoms with E-state index in [-0.39, 0.29) is 18.2 Å². The predicted octanol–water partition coefficient (Wildman–Crippen LogP) is 2.14. The molecule has 28 heavy (non-hydrogen) atoms. The first-order valence-electron chi connectivity index (χ1n) is 10.3. The molecule has 156 valence electrons. The predicted molar refractivity (Wildman–Crippen MR) is 111 cm³/mol. The Morgan fingerprint density at radius 3 is 2.57 bits per heavy atom. The van der Waals surface area contributed by atoms with Gasteiger partial charge in [0.15, 0.2) is 0 Å². The minimum absolute atomic E-state index is 0.156. The molecule has 2 amide bonds. The SMILES string of the molecule is CC1CN(Cc2ccccc2NC(=O)NCC(C)N2CCOCC2)CC(C)O1. The zero-order chi connectivity index (χ0) is 19.9. The van der Waals surface area contributed by atoms with Gasteiger partial charge in [-0.05, 0) is 32.4 Å². The number of anilines is 1. The molecule has 0 spiro atoms. The third-order valence-corrected chi connectivity index (χ3v) is 5.38. The van der Waals surface area contributed by atoms with Crippen LogP contribution >= 0.6 is 0 Å². The lowest BCUT2D eigenvalue weighted by Crippen LogP contribution is -2.48. The van der Waals surface area contributed by atoms with E-state index in [1.807, 2.05) is 18.2 Å². The van der Waals surface area contributed by atoms with Crippen molar-refractivity contribution >= 4 is 11.7 Å². The van der Waals surface area contributed by atoms with Crippen molar-refractivity contribution in [2.45, 2.75) is 45.6 Å². The van der Waals surface area contributed by atoms with Gasteiger partial charge in [-0.2, -0.15) is 0 Å². The van der Waals surface area contributed by atoms with Crippen LogP contribution in [-0.4, -0.2) is 80.0 Å². The maximum Gasteiger partial charge on any atom is 0.319 e. The molecule has 0 aliphatic carbocycles. The zero-order valence-electron chi connectivity index (χ0n) is 17.3. The Hall–Kier alpha value is -1.67. The van der Waals surface area contributed by atoms with Crippen molar-refractivity contribution in [3.8, 4) is 0 Å². The van der Waals surface area contributed by atoms with Crippen LogP contribution in [0, 0.1) is 0 Å². The Bertz CT molecular complexity index is 626. The third kappa shape index (κ3) is 6.17. The fourth-order valence-electron chi connectivity index (χ4n) is 3.99. The average molecular weight is 391 g/mol. The summed E-state index contributed by atoms with van der Waals surface area (Å²) in [6.45, 7) is 13.0. The first-order chi connectivity index (χ1) is 13.5. The van der Waals surface area contributed by atoms with Gasteiger partial charge in [-0.1, -0.05) is 18.2 Å². The molecule has 1 aromatic carbocycles. The quantitative estimate of drug-likeness (QED) is 0.779. The molecular weight excluding hydrogens is 356 g/mol. The van der Waals surface area contributed by atoms with E-state index in [1.54, 1.807) is 0 Å². The minimum Gasteiger partial charge on any atom is -0.379 e. The van der Waals surface area contributed by atoms with Crippen LogP contribution in [0.2, 0.25) is 0 Å². The zero-order valence-corrected chi connectivity index (χ0v) is 17.3. The fourth-order valence-corrected chi connectivity index (χ4v) is 3.99. The Balaban J connectivity index is 1.51. The molecule has 1 aromatic rings. The molecule has 3 atom stereocenters. The Kier molecular flexibility index (Phi) is 7.67. The number of ether oxygens (including phenoxy) is 2. The number of morpholine rings is 2. The monoisotopic (exact) mass is 390 g/mol. The van der Waals surface area contributed by atoms with Crippen LogP contribution in [0.1, 0.15) is 26.3 Å². The van der Waals surface area contributed by atoms with Gasteiger partial charge in [-0.3, -0.25) is 9.80 Å². The summed E-state index contributed by atoms with van der Waals surface area (Å²) in [5, 5.41) is 6.04. The van der Waals surface area contributed by atoms with E-state index in [1.165, 1.54) is 0 Å². The first kappa shape index (κ1) is 21.0. The lowest BCUT2D eigenvalue weighted by Gasteiger charge is -2.35. The molecule has 7 nitrogen and oxygen atoms in total. The topological polar surface area (TPSA) is 66.1 Å². The highest BCUT2D eigenvalue weighted by molar-refractivity contribution is 5.90. The molecule has 2 aliphatic rings. The van der Waals surface area contributed by atoms with Gasteiger partial charge >= 0.3 is 6.03 Å². The highest BCUT2D eigenvalue weighted by atomic mass is 16.5. The number of nitrogens with zero attached hydrogens (tertiary/aromatic N) is 2. The van der Waals surface area contributed by atoms with Gasteiger partial charge in [-0.15, -0.1) is 0 Å². The van der Waals surface area contributed by atoms with E-state index in [4.69, 9.17) is 9.47 Å². The molecule has 7 heteroatoms. The molecule has 0 saturated carbocycles. The van der Waals surface area contributed by atoms with Gasteiger partial charge in [0.05, 0.1) is 25.4 Å². The third-order valence-electron chi connectivity index (χ3n) is 5.38. The molecule has 2 N–H and O–H groups in total. The fraction of sp³-hybridized carbons (Fsp3) is 0.667. The Morgan fingerprint density at radius 1 is 1.18 bits per heavy atom. The van der Waals surface area contributed by atoms with Gasteiger partial charge < -0.3 is 20.1 Å². The molecule has 0 bridgehead atoms. The van der Waals surface area contributed by atoms with Gasteiger partial charge in [0.1, 0.15) is 0 Å². The van der Waals surface area contributed by atoms with Gasteiger partial charge in [0.2, 0.25) is 0 Å². The largest absolute Gasteiger partial charge is 0.379 e. The number of benzene rings is 1. The van der Waals surface area contributed by atoms with Crippen LogP contribution < -0.4 is 10.6 Å². The van der Waals surface area contributed by atoms with Crippen molar-refractivity contribution in [2.75, 3.05) is 51.3 Å². The van der Waals surface area contributed by atoms with Crippen molar-refractivity contribution in [3.05, 3.63) is 29.8 Å². The van der Waals surface area contributed by atoms with E-state index in [0.29, 0.717) is 12.6 Å². The van der Waals surface area contributed by atoms with Crippen LogP contribution in [0.25, 0.3) is 0 Å². The lowest BCUT2D eigenvalue weighted by molar-refractivity contribution is -0.0704. The van der Waals surface area contributed by atoms with E-state index in [9.17, 15) is 4.79 Å². The van der Waals surface area contributed by atoms with Crippen molar-refractivity contribution in [3.63, 3.8) is 0 Å². The number of para-hydroxylation sites is 1. The number of hydrogen-bond donors (Lipinski definition) is 2. The maximum atomic E-state index is 12.4.